The van der Waals surface area contributed by atoms with Crippen LogP contribution in [0, 0.1) is 52.3 Å². The second-order valence-corrected chi connectivity index (χ2v) is 13.1. The number of carbonyl (C=O) groups excluding carboxylic acids is 1. The third kappa shape index (κ3) is 2.63. The first-order valence-corrected chi connectivity index (χ1v) is 13.3. The van der Waals surface area contributed by atoms with E-state index in [0.717, 1.165) is 58.0 Å². The summed E-state index contributed by atoms with van der Waals surface area (Å²) in [6, 6.07) is 0. The van der Waals surface area contributed by atoms with Crippen molar-refractivity contribution in [1.29, 1.82) is 0 Å². The zero-order valence-corrected chi connectivity index (χ0v) is 20.3. The summed E-state index contributed by atoms with van der Waals surface area (Å²) in [5.74, 6) is 1.45. The summed E-state index contributed by atoms with van der Waals surface area (Å²) in [5.41, 5.74) is -0.523. The van der Waals surface area contributed by atoms with Crippen molar-refractivity contribution in [2.45, 2.75) is 103 Å². The standard InChI is InChI=1S/C27H42O5/c1-14-7-10-27(31-13-14)15(2)21-20(32-27)12-19-18-6-5-16-11-17(28)8-9-25(16,3)22(18)23(29)24(30)26(19,21)4/h14-22,24,28,30H,5-13H2,1-4H3/t14?,15?,16-,17?,18?,19?,20?,21?,22?,24?,25?,26?,27?/m0/s1. The predicted octanol–water partition coefficient (Wildman–Crippen LogP) is 3.94. The van der Waals surface area contributed by atoms with Gasteiger partial charge in [0.25, 0.3) is 0 Å². The van der Waals surface area contributed by atoms with Crippen LogP contribution in [0.25, 0.3) is 0 Å². The van der Waals surface area contributed by atoms with Crippen LogP contribution in [0.2, 0.25) is 0 Å². The van der Waals surface area contributed by atoms with Crippen LogP contribution in [0.1, 0.15) is 79.1 Å². The summed E-state index contributed by atoms with van der Waals surface area (Å²) >= 11 is 0. The minimum Gasteiger partial charge on any atom is -0.393 e. The smallest absolute Gasteiger partial charge is 0.171 e. The van der Waals surface area contributed by atoms with Crippen molar-refractivity contribution >= 4 is 5.78 Å². The molecular weight excluding hydrogens is 404 g/mol. The van der Waals surface area contributed by atoms with Gasteiger partial charge in [-0.1, -0.05) is 27.7 Å². The van der Waals surface area contributed by atoms with Crippen LogP contribution in [0.3, 0.4) is 0 Å². The van der Waals surface area contributed by atoms with E-state index in [9.17, 15) is 15.0 Å². The molecule has 2 heterocycles. The highest BCUT2D eigenvalue weighted by atomic mass is 16.7. The first kappa shape index (κ1) is 22.0. The van der Waals surface area contributed by atoms with Gasteiger partial charge in [-0.05, 0) is 74.0 Å². The molecule has 180 valence electrons. The fourth-order valence-corrected chi connectivity index (χ4v) is 10.0. The molecule has 6 fully saturated rings. The maximum Gasteiger partial charge on any atom is 0.171 e. The van der Waals surface area contributed by atoms with Gasteiger partial charge in [0.2, 0.25) is 0 Å². The van der Waals surface area contributed by atoms with Crippen LogP contribution in [-0.2, 0) is 14.3 Å². The molecule has 0 aromatic rings. The zero-order chi connectivity index (χ0) is 22.6. The molecule has 5 nitrogen and oxygen atoms in total. The first-order valence-electron chi connectivity index (χ1n) is 13.3. The number of aliphatic hydroxyl groups excluding tert-OH is 2. The van der Waals surface area contributed by atoms with Crippen molar-refractivity contribution in [3.8, 4) is 0 Å². The normalized spacial score (nSPS) is 61.8. The number of fused-ring (bicyclic) bond motifs is 7. The van der Waals surface area contributed by atoms with Crippen LogP contribution < -0.4 is 0 Å². The molecule has 4 aliphatic carbocycles. The average Bonchev–Trinajstić information content (AvgIpc) is 3.20. The summed E-state index contributed by atoms with van der Waals surface area (Å²) in [5, 5.41) is 22.0. The zero-order valence-electron chi connectivity index (χ0n) is 20.3. The third-order valence-corrected chi connectivity index (χ3v) is 11.8. The van der Waals surface area contributed by atoms with Crippen molar-refractivity contribution in [1.82, 2.24) is 0 Å². The van der Waals surface area contributed by atoms with Gasteiger partial charge < -0.3 is 19.7 Å². The highest BCUT2D eigenvalue weighted by molar-refractivity contribution is 5.88. The van der Waals surface area contributed by atoms with Crippen molar-refractivity contribution in [3.05, 3.63) is 0 Å². The number of hydrogen-bond acceptors (Lipinski definition) is 5. The molecule has 2 N–H and O–H groups in total. The molecule has 1 spiro atoms. The quantitative estimate of drug-likeness (QED) is 0.589. The molecule has 0 bridgehead atoms. The Kier molecular flexibility index (Phi) is 4.83. The Balaban J connectivity index is 1.34. The van der Waals surface area contributed by atoms with Gasteiger partial charge >= 0.3 is 0 Å². The number of hydrogen-bond donors (Lipinski definition) is 2. The monoisotopic (exact) mass is 446 g/mol. The molecule has 5 heteroatoms. The molecule has 0 amide bonds. The lowest BCUT2D eigenvalue weighted by molar-refractivity contribution is -0.273. The molecule has 0 aromatic heterocycles. The SMILES string of the molecule is CC1CCC2(OC1)OC1CC3C4CC[C@H]5CC(O)CCC5(C)C4C(=O)C(O)C3(C)C1C2C. The van der Waals surface area contributed by atoms with Crippen LogP contribution in [0.15, 0.2) is 0 Å². The van der Waals surface area contributed by atoms with Crippen molar-refractivity contribution in [2.24, 2.45) is 52.3 Å². The van der Waals surface area contributed by atoms with E-state index in [1.54, 1.807) is 0 Å². The number of ether oxygens (including phenoxy) is 2. The Hall–Kier alpha value is -0.490. The maximum atomic E-state index is 14.0. The molecule has 2 aliphatic heterocycles. The van der Waals surface area contributed by atoms with Crippen LogP contribution in [-0.4, -0.2) is 46.7 Å². The summed E-state index contributed by atoms with van der Waals surface area (Å²) < 4.78 is 13.1. The number of aliphatic hydroxyl groups is 2. The van der Waals surface area contributed by atoms with Gasteiger partial charge in [0.15, 0.2) is 11.6 Å². The van der Waals surface area contributed by atoms with Gasteiger partial charge in [-0.3, -0.25) is 4.79 Å². The fraction of sp³-hybridized carbons (Fsp3) is 0.963. The van der Waals surface area contributed by atoms with Gasteiger partial charge in [-0.2, -0.15) is 0 Å². The van der Waals surface area contributed by atoms with Crippen molar-refractivity contribution < 1.29 is 24.5 Å². The lowest BCUT2D eigenvalue weighted by Gasteiger charge is -2.61. The van der Waals surface area contributed by atoms with Gasteiger partial charge in [-0.15, -0.1) is 0 Å². The Labute approximate surface area is 192 Å². The lowest BCUT2D eigenvalue weighted by Crippen LogP contribution is -2.64. The largest absolute Gasteiger partial charge is 0.393 e. The summed E-state index contributed by atoms with van der Waals surface area (Å²) in [7, 11) is 0. The van der Waals surface area contributed by atoms with Crippen LogP contribution in [0.5, 0.6) is 0 Å². The Morgan fingerprint density at radius 1 is 1.00 bits per heavy atom. The number of ketones is 1. The number of carbonyl (C=O) groups is 1. The highest BCUT2D eigenvalue weighted by Gasteiger charge is 2.73. The minimum atomic E-state index is -0.921. The molecule has 0 radical (unpaired) electrons. The Bertz CT molecular complexity index is 789. The van der Waals surface area contributed by atoms with E-state index in [2.05, 4.69) is 27.7 Å². The van der Waals surface area contributed by atoms with E-state index in [1.807, 2.05) is 0 Å². The Morgan fingerprint density at radius 3 is 2.50 bits per heavy atom. The third-order valence-electron chi connectivity index (χ3n) is 11.8. The first-order chi connectivity index (χ1) is 15.1. The number of rotatable bonds is 0. The molecule has 4 saturated carbocycles. The van der Waals surface area contributed by atoms with Crippen LogP contribution >= 0.6 is 0 Å². The average molecular weight is 447 g/mol. The summed E-state index contributed by atoms with van der Waals surface area (Å²) in [6.45, 7) is 9.70. The molecule has 32 heavy (non-hydrogen) atoms. The van der Waals surface area contributed by atoms with Crippen molar-refractivity contribution in [2.75, 3.05) is 6.61 Å². The highest BCUT2D eigenvalue weighted by Crippen LogP contribution is 2.70. The second-order valence-electron chi connectivity index (χ2n) is 13.1. The molecule has 2 saturated heterocycles. The summed E-state index contributed by atoms with van der Waals surface area (Å²) in [6.07, 6.45) is 6.54. The molecule has 13 atom stereocenters. The van der Waals surface area contributed by atoms with E-state index < -0.39 is 17.3 Å². The maximum absolute atomic E-state index is 14.0. The Morgan fingerprint density at radius 2 is 1.78 bits per heavy atom. The fourth-order valence-electron chi connectivity index (χ4n) is 10.0. The second kappa shape index (κ2) is 7.02. The number of Topliss-reactive ketones (excluding diaryl/α,β-unsaturated/α-hetero) is 1. The molecule has 0 aromatic carbocycles. The van der Waals surface area contributed by atoms with Gasteiger partial charge in [0.1, 0.15) is 6.10 Å². The van der Waals surface area contributed by atoms with E-state index in [-0.39, 0.29) is 41.2 Å². The van der Waals surface area contributed by atoms with E-state index in [1.165, 1.54) is 0 Å². The van der Waals surface area contributed by atoms with Gasteiger partial charge in [-0.25, -0.2) is 0 Å². The predicted molar refractivity (Wildman–Crippen MR) is 120 cm³/mol. The topological polar surface area (TPSA) is 76.0 Å². The van der Waals surface area contributed by atoms with E-state index >= 15 is 0 Å². The molecular formula is C27H42O5. The molecule has 6 aliphatic rings. The summed E-state index contributed by atoms with van der Waals surface area (Å²) in [4.78, 5) is 14.0. The molecule has 6 rings (SSSR count). The van der Waals surface area contributed by atoms with E-state index in [4.69, 9.17) is 9.47 Å². The van der Waals surface area contributed by atoms with Gasteiger partial charge in [0, 0.05) is 29.6 Å². The molecule has 12 unspecified atom stereocenters. The van der Waals surface area contributed by atoms with Gasteiger partial charge in [0.05, 0.1) is 18.8 Å². The van der Waals surface area contributed by atoms with Crippen molar-refractivity contribution in [3.63, 3.8) is 0 Å². The lowest BCUT2D eigenvalue weighted by atomic mass is 9.43. The minimum absolute atomic E-state index is 0.0725. The van der Waals surface area contributed by atoms with Crippen LogP contribution in [0.4, 0.5) is 0 Å². The van der Waals surface area contributed by atoms with E-state index in [0.29, 0.717) is 23.7 Å².